The number of oxime groups is 1. The van der Waals surface area contributed by atoms with Crippen molar-refractivity contribution in [1.29, 1.82) is 0 Å². The lowest BCUT2D eigenvalue weighted by molar-refractivity contribution is -0.165. The molecular weight excluding hydrogens is 449 g/mol. The Morgan fingerprint density at radius 1 is 1.47 bits per heavy atom. The fraction of sp³-hybridized carbons (Fsp3) is 0.500. The number of thiazole rings is 1. The minimum Gasteiger partial charge on any atom is -0.478 e. The zero-order chi connectivity index (χ0) is 22.9. The predicted octanol–water partition coefficient (Wildman–Crippen LogP) is -0.774. The van der Waals surface area contributed by atoms with E-state index >= 15 is 0 Å². The van der Waals surface area contributed by atoms with Crippen LogP contribution < -0.4 is 16.0 Å². The smallest absolute Gasteiger partial charge is 0.350 e. The molecule has 170 valence electrons. The average molecular weight is 467 g/mol. The van der Waals surface area contributed by atoms with Gasteiger partial charge >= 0.3 is 5.97 Å². The number of β-lactam (4-membered cyclic amide) rings is 1. The van der Waals surface area contributed by atoms with E-state index in [1.165, 1.54) is 5.38 Å². The maximum atomic E-state index is 13.6. The van der Waals surface area contributed by atoms with E-state index in [1.54, 1.807) is 0 Å². The molecule has 2 atom stereocenters. The van der Waals surface area contributed by atoms with Crippen molar-refractivity contribution in [3.63, 3.8) is 0 Å². The van der Waals surface area contributed by atoms with Crippen molar-refractivity contribution in [1.82, 2.24) is 30.9 Å². The van der Waals surface area contributed by atoms with Gasteiger partial charge in [-0.25, -0.2) is 14.2 Å². The molecule has 2 amide bonds. The van der Waals surface area contributed by atoms with Gasteiger partial charge in [0.1, 0.15) is 18.4 Å². The zero-order valence-corrected chi connectivity index (χ0v) is 17.2. The van der Waals surface area contributed by atoms with Crippen LogP contribution in [0.15, 0.2) is 10.5 Å². The Kier molecular flexibility index (Phi) is 5.68. The quantitative estimate of drug-likeness (QED) is 0.217. The highest BCUT2D eigenvalue weighted by molar-refractivity contribution is 7.13. The number of carboxylic acid groups (broad SMARTS) is 1. The number of carbonyl (C=O) groups excluding carboxylic acids is 2. The highest BCUT2D eigenvalue weighted by atomic mass is 32.1. The number of halogens is 1. The van der Waals surface area contributed by atoms with Crippen LogP contribution in [-0.2, 0) is 19.2 Å². The second-order valence-corrected chi connectivity index (χ2v) is 8.09. The molecule has 0 spiro atoms. The number of H-pyrrole nitrogens is 1. The molecular formula is C16H18FN9O5S. The minimum absolute atomic E-state index is 0.0298. The molecule has 0 bridgehead atoms. The number of anilines is 2. The van der Waals surface area contributed by atoms with Crippen LogP contribution in [0.4, 0.5) is 15.5 Å². The minimum atomic E-state index is -1.56. The topological polar surface area (TPSA) is 202 Å². The number of aliphatic carboxylic acids is 1. The van der Waals surface area contributed by atoms with Gasteiger partial charge in [-0.2, -0.15) is 5.21 Å². The number of rotatable bonds is 8. The second-order valence-electron chi connectivity index (χ2n) is 7.20. The van der Waals surface area contributed by atoms with Gasteiger partial charge in [-0.05, 0) is 18.1 Å². The molecule has 0 radical (unpaired) electrons. The molecule has 32 heavy (non-hydrogen) atoms. The van der Waals surface area contributed by atoms with Crippen molar-refractivity contribution in [2.45, 2.75) is 43.4 Å². The first kappa shape index (κ1) is 21.5. The van der Waals surface area contributed by atoms with Gasteiger partial charge in [-0.1, -0.05) is 10.3 Å². The van der Waals surface area contributed by atoms with Crippen molar-refractivity contribution in [2.24, 2.45) is 5.16 Å². The third kappa shape index (κ3) is 3.72. The summed E-state index contributed by atoms with van der Waals surface area (Å²) in [7, 11) is 0. The number of nitrogens with zero attached hydrogens (tertiary/aromatic N) is 6. The molecule has 4 rings (SSSR count). The van der Waals surface area contributed by atoms with Crippen LogP contribution in [-0.4, -0.2) is 78.6 Å². The molecule has 1 aliphatic heterocycles. The van der Waals surface area contributed by atoms with E-state index in [2.05, 4.69) is 36.1 Å². The average Bonchev–Trinajstić information content (AvgIpc) is 3.53. The fourth-order valence-corrected chi connectivity index (χ4v) is 4.15. The van der Waals surface area contributed by atoms with E-state index in [0.717, 1.165) is 16.2 Å². The van der Waals surface area contributed by atoms with Gasteiger partial charge in [0.2, 0.25) is 5.60 Å². The van der Waals surface area contributed by atoms with Gasteiger partial charge in [-0.3, -0.25) is 14.5 Å². The molecule has 0 aromatic carbocycles. The molecule has 1 saturated carbocycles. The van der Waals surface area contributed by atoms with Gasteiger partial charge in [0.05, 0.1) is 6.04 Å². The van der Waals surface area contributed by atoms with Gasteiger partial charge < -0.3 is 21.0 Å². The lowest BCUT2D eigenvalue weighted by Gasteiger charge is -2.43. The lowest BCUT2D eigenvalue weighted by Crippen LogP contribution is -2.72. The molecule has 2 fully saturated rings. The molecule has 14 nitrogen and oxygen atoms in total. The third-order valence-electron chi connectivity index (χ3n) is 5.31. The number of aromatic nitrogens is 5. The maximum absolute atomic E-state index is 13.6. The summed E-state index contributed by atoms with van der Waals surface area (Å²) < 4.78 is 13.6. The largest absolute Gasteiger partial charge is 0.478 e. The van der Waals surface area contributed by atoms with Crippen molar-refractivity contribution < 1.29 is 28.7 Å². The molecule has 1 saturated heterocycles. The summed E-state index contributed by atoms with van der Waals surface area (Å²) in [5.41, 5.74) is 3.73. The summed E-state index contributed by atoms with van der Waals surface area (Å²) in [6.07, 6.45) is 1.72. The number of amides is 2. The summed E-state index contributed by atoms with van der Waals surface area (Å²) in [5.74, 6) is -2.88. The first-order chi connectivity index (χ1) is 15.4. The Morgan fingerprint density at radius 3 is 2.78 bits per heavy atom. The third-order valence-corrected chi connectivity index (χ3v) is 5.98. The number of nitrogen functional groups attached to an aromatic ring is 1. The van der Waals surface area contributed by atoms with Crippen molar-refractivity contribution in [3.05, 3.63) is 11.1 Å². The number of nitrogens with one attached hydrogen (secondary N) is 2. The number of alkyl halides is 1. The van der Waals surface area contributed by atoms with E-state index in [9.17, 15) is 23.9 Å². The van der Waals surface area contributed by atoms with Gasteiger partial charge in [-0.15, -0.1) is 16.4 Å². The Bertz CT molecular complexity index is 1050. The summed E-state index contributed by atoms with van der Waals surface area (Å²) in [6, 6.07) is -2.29. The number of aromatic amines is 1. The second kappa shape index (κ2) is 8.45. The molecule has 16 heteroatoms. The Morgan fingerprint density at radius 2 is 2.22 bits per heavy atom. The Hall–Kier alpha value is -3.69. The Balaban J connectivity index is 1.56. The van der Waals surface area contributed by atoms with Crippen LogP contribution >= 0.6 is 11.3 Å². The van der Waals surface area contributed by atoms with Crippen molar-refractivity contribution >= 4 is 45.9 Å². The molecule has 2 aromatic rings. The van der Waals surface area contributed by atoms with Crippen LogP contribution in [0.2, 0.25) is 0 Å². The number of carbonyl (C=O) groups is 3. The molecule has 2 unspecified atom stereocenters. The van der Waals surface area contributed by atoms with Crippen LogP contribution in [0.3, 0.4) is 0 Å². The van der Waals surface area contributed by atoms with E-state index in [-0.39, 0.29) is 35.3 Å². The van der Waals surface area contributed by atoms with Crippen molar-refractivity contribution in [3.8, 4) is 0 Å². The summed E-state index contributed by atoms with van der Waals surface area (Å²) in [6.45, 7) is -0.986. The number of hydrogen-bond acceptors (Lipinski definition) is 11. The van der Waals surface area contributed by atoms with Crippen LogP contribution in [0.25, 0.3) is 0 Å². The summed E-state index contributed by atoms with van der Waals surface area (Å²) in [5, 5.41) is 30.1. The normalized spacial score (nSPS) is 22.5. The molecule has 2 aromatic heterocycles. The van der Waals surface area contributed by atoms with Crippen LogP contribution in [0, 0.1) is 0 Å². The molecule has 5 N–H and O–H groups in total. The molecule has 1 aliphatic carbocycles. The van der Waals surface area contributed by atoms with Crippen molar-refractivity contribution in [2.75, 3.05) is 17.3 Å². The van der Waals surface area contributed by atoms with E-state index in [1.807, 2.05) is 0 Å². The summed E-state index contributed by atoms with van der Waals surface area (Å²) in [4.78, 5) is 47.4. The first-order valence-corrected chi connectivity index (χ1v) is 10.4. The maximum Gasteiger partial charge on any atom is 0.350 e. The van der Waals surface area contributed by atoms with Crippen LogP contribution in [0.1, 0.15) is 31.4 Å². The summed E-state index contributed by atoms with van der Waals surface area (Å²) >= 11 is 1.03. The van der Waals surface area contributed by atoms with E-state index < -0.39 is 42.1 Å². The first-order valence-electron chi connectivity index (χ1n) is 9.50. The zero-order valence-electron chi connectivity index (χ0n) is 16.4. The van der Waals surface area contributed by atoms with E-state index in [4.69, 9.17) is 10.6 Å². The number of carboxylic acids is 1. The van der Waals surface area contributed by atoms with E-state index in [0.29, 0.717) is 12.8 Å². The van der Waals surface area contributed by atoms with Gasteiger partial charge in [0.15, 0.2) is 10.8 Å². The molecule has 3 heterocycles. The van der Waals surface area contributed by atoms with Gasteiger partial charge in [0, 0.05) is 18.2 Å². The monoisotopic (exact) mass is 467 g/mol. The Labute approximate surface area is 183 Å². The lowest BCUT2D eigenvalue weighted by atomic mass is 9.96. The van der Waals surface area contributed by atoms with Crippen LogP contribution in [0.5, 0.6) is 0 Å². The number of tetrazole rings is 1. The number of nitrogens with two attached hydrogens (primary N) is 1. The SMILES string of the molecule is Nc1nc(C(=NOC2(C(=O)O)CCCC2)C(=O)NC2C(=O)N(c3nn[nH]n3)C2CF)cs1. The highest BCUT2D eigenvalue weighted by Gasteiger charge is 2.51. The molecule has 2 aliphatic rings. The predicted molar refractivity (Wildman–Crippen MR) is 106 cm³/mol. The van der Waals surface area contributed by atoms with Gasteiger partial charge in [0.25, 0.3) is 17.8 Å². The number of hydrogen-bond donors (Lipinski definition) is 4. The standard InChI is InChI=1S/C16H18FN9O5S/c17-5-8-10(12(28)26(8)15-21-24-25-22-15)20-11(27)9(7-6-32-14(18)19-7)23-31-16(13(29)30)3-1-2-4-16/h6,8,10H,1-5H2,(H2,18,19)(H,20,27)(H,29,30)(H,21,22,24,25). The highest BCUT2D eigenvalue weighted by Crippen LogP contribution is 2.34. The fourth-order valence-electron chi connectivity index (χ4n) is 3.60.